The molecule has 2 heterocycles. The van der Waals surface area contributed by atoms with Crippen molar-refractivity contribution in [1.82, 2.24) is 15.0 Å². The molecule has 0 radical (unpaired) electrons. The highest BCUT2D eigenvalue weighted by molar-refractivity contribution is 6.35. The summed E-state index contributed by atoms with van der Waals surface area (Å²) in [5.41, 5.74) is 9.69. The van der Waals surface area contributed by atoms with Gasteiger partial charge in [-0.25, -0.2) is 0 Å². The molecule has 0 saturated carbocycles. The van der Waals surface area contributed by atoms with Gasteiger partial charge in [0.1, 0.15) is 6.61 Å². The lowest BCUT2D eigenvalue weighted by molar-refractivity contribution is 0.103. The summed E-state index contributed by atoms with van der Waals surface area (Å²) in [6.45, 7) is 1.32. The number of rotatable bonds is 4. The number of nitrogens with two attached hydrogens (primary N) is 1. The lowest BCUT2D eigenvalue weighted by Gasteiger charge is -2.20. The number of halogens is 2. The molecule has 8 heteroatoms. The van der Waals surface area contributed by atoms with E-state index >= 15 is 0 Å². The molecule has 3 aromatic carbocycles. The van der Waals surface area contributed by atoms with Gasteiger partial charge in [0, 0.05) is 10.6 Å². The van der Waals surface area contributed by atoms with Gasteiger partial charge in [0.25, 0.3) is 0 Å². The van der Waals surface area contributed by atoms with Crippen molar-refractivity contribution in [2.24, 2.45) is 0 Å². The van der Waals surface area contributed by atoms with Gasteiger partial charge < -0.3 is 15.2 Å². The fourth-order valence-corrected chi connectivity index (χ4v) is 4.20. The first-order chi connectivity index (χ1) is 14.6. The molecule has 150 valence electrons. The molecule has 30 heavy (non-hydrogen) atoms. The van der Waals surface area contributed by atoms with Crippen LogP contribution in [0.1, 0.15) is 16.7 Å². The van der Waals surface area contributed by atoms with Crippen molar-refractivity contribution < 1.29 is 9.47 Å². The molecule has 5 rings (SSSR count). The molecule has 0 amide bonds. The van der Waals surface area contributed by atoms with Crippen molar-refractivity contribution in [3.05, 3.63) is 75.3 Å². The number of nitrogen functional groups attached to an aromatic ring is 1. The van der Waals surface area contributed by atoms with Gasteiger partial charge in [-0.15, -0.1) is 0 Å². The van der Waals surface area contributed by atoms with Crippen molar-refractivity contribution in [2.75, 3.05) is 5.73 Å². The summed E-state index contributed by atoms with van der Waals surface area (Å²) in [7, 11) is 0. The molecular weight excluding hydrogens is 423 g/mol. The quantitative estimate of drug-likeness (QED) is 0.471. The van der Waals surface area contributed by atoms with Crippen LogP contribution in [-0.2, 0) is 24.6 Å². The maximum atomic E-state index is 6.64. The third-order valence-corrected chi connectivity index (χ3v) is 5.44. The van der Waals surface area contributed by atoms with Crippen LogP contribution in [0.5, 0.6) is 6.01 Å². The van der Waals surface area contributed by atoms with E-state index in [1.54, 1.807) is 6.07 Å². The standard InChI is InChI=1S/C22H16Cl2N4O2/c23-15-5-1-3-12(7-15)9-30-22-27-20(26-21(25)28-22)19-16-6-2-4-13-10-29-11-14(18(13)16)8-17(19)24/h1-8H,9-11H2,(H2,25,26,27,28). The van der Waals surface area contributed by atoms with Crippen LogP contribution in [0.4, 0.5) is 5.95 Å². The molecule has 1 aliphatic heterocycles. The Bertz CT molecular complexity index is 1280. The average molecular weight is 439 g/mol. The zero-order valence-electron chi connectivity index (χ0n) is 15.7. The largest absolute Gasteiger partial charge is 0.458 e. The first-order valence-electron chi connectivity index (χ1n) is 9.28. The Morgan fingerprint density at radius 1 is 0.967 bits per heavy atom. The number of ether oxygens (including phenoxy) is 2. The van der Waals surface area contributed by atoms with Crippen LogP contribution < -0.4 is 10.5 Å². The van der Waals surface area contributed by atoms with E-state index in [-0.39, 0.29) is 18.6 Å². The normalized spacial score (nSPS) is 12.9. The third kappa shape index (κ3) is 3.54. The Kier molecular flexibility index (Phi) is 4.90. The van der Waals surface area contributed by atoms with Crippen LogP contribution in [0, 0.1) is 0 Å². The van der Waals surface area contributed by atoms with Crippen molar-refractivity contribution in [3.63, 3.8) is 0 Å². The topological polar surface area (TPSA) is 83.2 Å². The van der Waals surface area contributed by atoms with Gasteiger partial charge in [0.05, 0.1) is 18.2 Å². The molecule has 0 saturated heterocycles. The maximum absolute atomic E-state index is 6.64. The van der Waals surface area contributed by atoms with Crippen LogP contribution >= 0.6 is 23.2 Å². The molecule has 1 aliphatic rings. The van der Waals surface area contributed by atoms with E-state index in [0.29, 0.717) is 34.6 Å². The first kappa shape index (κ1) is 19.1. The number of hydrogen-bond acceptors (Lipinski definition) is 6. The average Bonchev–Trinajstić information content (AvgIpc) is 2.72. The van der Waals surface area contributed by atoms with Crippen LogP contribution in [0.2, 0.25) is 10.0 Å². The molecule has 2 N–H and O–H groups in total. The Morgan fingerprint density at radius 2 is 1.80 bits per heavy atom. The molecule has 0 aliphatic carbocycles. The zero-order chi connectivity index (χ0) is 20.7. The molecule has 0 unspecified atom stereocenters. The summed E-state index contributed by atoms with van der Waals surface area (Å²) >= 11 is 12.7. The summed E-state index contributed by atoms with van der Waals surface area (Å²) in [6.07, 6.45) is 0. The van der Waals surface area contributed by atoms with E-state index < -0.39 is 0 Å². The predicted molar refractivity (Wildman–Crippen MR) is 116 cm³/mol. The van der Waals surface area contributed by atoms with E-state index in [1.165, 1.54) is 0 Å². The second-order valence-corrected chi connectivity index (χ2v) is 7.79. The molecule has 6 nitrogen and oxygen atoms in total. The fourth-order valence-electron chi connectivity index (χ4n) is 3.67. The van der Waals surface area contributed by atoms with E-state index in [4.69, 9.17) is 38.4 Å². The van der Waals surface area contributed by atoms with E-state index in [9.17, 15) is 0 Å². The SMILES string of the molecule is Nc1nc(OCc2cccc(Cl)c2)nc(-c2c(Cl)cc3c4c(cccc24)COC3)n1. The Labute approximate surface area is 182 Å². The van der Waals surface area contributed by atoms with Crippen molar-refractivity contribution >= 4 is 39.9 Å². The number of anilines is 1. The van der Waals surface area contributed by atoms with Crippen LogP contribution in [-0.4, -0.2) is 15.0 Å². The van der Waals surface area contributed by atoms with Crippen LogP contribution in [0.25, 0.3) is 22.2 Å². The lowest BCUT2D eigenvalue weighted by atomic mass is 9.94. The van der Waals surface area contributed by atoms with Gasteiger partial charge >= 0.3 is 6.01 Å². The highest BCUT2D eigenvalue weighted by atomic mass is 35.5. The molecule has 1 aromatic heterocycles. The molecule has 0 atom stereocenters. The summed E-state index contributed by atoms with van der Waals surface area (Å²) in [4.78, 5) is 12.9. The lowest BCUT2D eigenvalue weighted by Crippen LogP contribution is -2.08. The zero-order valence-corrected chi connectivity index (χ0v) is 17.2. The summed E-state index contributed by atoms with van der Waals surface area (Å²) in [5.74, 6) is 0.421. The van der Waals surface area contributed by atoms with Gasteiger partial charge in [-0.05, 0) is 45.7 Å². The van der Waals surface area contributed by atoms with Crippen molar-refractivity contribution in [2.45, 2.75) is 19.8 Å². The molecular formula is C22H16Cl2N4O2. The van der Waals surface area contributed by atoms with Crippen LogP contribution in [0.15, 0.2) is 48.5 Å². The summed E-state index contributed by atoms with van der Waals surface area (Å²) < 4.78 is 11.4. The van der Waals surface area contributed by atoms with E-state index in [1.807, 2.05) is 42.5 Å². The van der Waals surface area contributed by atoms with Gasteiger partial charge in [-0.1, -0.05) is 53.5 Å². The second kappa shape index (κ2) is 7.72. The number of hydrogen-bond donors (Lipinski definition) is 1. The Morgan fingerprint density at radius 3 is 2.67 bits per heavy atom. The Hall–Kier alpha value is -2.93. The number of nitrogens with zero attached hydrogens (tertiary/aromatic N) is 3. The number of aromatic nitrogens is 3. The minimum atomic E-state index is 0.0565. The number of benzene rings is 3. The van der Waals surface area contributed by atoms with E-state index in [0.717, 1.165) is 27.5 Å². The van der Waals surface area contributed by atoms with Crippen molar-refractivity contribution in [3.8, 4) is 17.4 Å². The predicted octanol–water partition coefficient (Wildman–Crippen LogP) is 5.19. The van der Waals surface area contributed by atoms with Crippen molar-refractivity contribution in [1.29, 1.82) is 0 Å². The van der Waals surface area contributed by atoms with Gasteiger partial charge in [0.2, 0.25) is 5.95 Å². The minimum absolute atomic E-state index is 0.0565. The molecule has 0 bridgehead atoms. The Balaban J connectivity index is 1.57. The highest BCUT2D eigenvalue weighted by Gasteiger charge is 2.21. The minimum Gasteiger partial charge on any atom is -0.458 e. The molecule has 4 aromatic rings. The summed E-state index contributed by atoms with van der Waals surface area (Å²) in [6, 6.07) is 15.4. The van der Waals surface area contributed by atoms with E-state index in [2.05, 4.69) is 15.0 Å². The third-order valence-electron chi connectivity index (χ3n) is 4.91. The van der Waals surface area contributed by atoms with Crippen LogP contribution in [0.3, 0.4) is 0 Å². The fraction of sp³-hybridized carbons (Fsp3) is 0.136. The van der Waals surface area contributed by atoms with Gasteiger partial charge in [-0.3, -0.25) is 0 Å². The van der Waals surface area contributed by atoms with Gasteiger partial charge in [-0.2, -0.15) is 15.0 Å². The summed E-state index contributed by atoms with van der Waals surface area (Å²) in [5, 5.41) is 3.21. The molecule has 0 fully saturated rings. The molecule has 0 spiro atoms. The first-order valence-corrected chi connectivity index (χ1v) is 10.0. The maximum Gasteiger partial charge on any atom is 0.322 e. The second-order valence-electron chi connectivity index (χ2n) is 6.94. The highest BCUT2D eigenvalue weighted by Crippen LogP contribution is 2.39. The monoisotopic (exact) mass is 438 g/mol. The van der Waals surface area contributed by atoms with Gasteiger partial charge in [0.15, 0.2) is 5.82 Å². The smallest absolute Gasteiger partial charge is 0.322 e.